The number of nitriles is 1. The summed E-state index contributed by atoms with van der Waals surface area (Å²) in [4.78, 5) is 17.0. The minimum atomic E-state index is -0.426. The first-order chi connectivity index (χ1) is 8.67. The second kappa shape index (κ2) is 7.12. The predicted molar refractivity (Wildman–Crippen MR) is 67.2 cm³/mol. The molecule has 6 heteroatoms. The number of anilines is 1. The number of rotatable bonds is 5. The van der Waals surface area contributed by atoms with Gasteiger partial charge in [0.1, 0.15) is 12.4 Å². The molecule has 1 N–H and O–H groups in total. The number of carbonyl (C=O) groups is 1. The van der Waals surface area contributed by atoms with Crippen LogP contribution in [0.4, 0.5) is 10.6 Å². The third kappa shape index (κ3) is 4.29. The van der Waals surface area contributed by atoms with Gasteiger partial charge in [0.05, 0.1) is 18.2 Å². The highest BCUT2D eigenvalue weighted by Crippen LogP contribution is 2.09. The summed E-state index contributed by atoms with van der Waals surface area (Å²) in [6.45, 7) is 3.14. The molecule has 1 amide bonds. The highest BCUT2D eigenvalue weighted by molar-refractivity contribution is 5.67. The molecule has 0 radical (unpaired) electrons. The van der Waals surface area contributed by atoms with E-state index in [9.17, 15) is 4.79 Å². The van der Waals surface area contributed by atoms with Gasteiger partial charge in [-0.05, 0) is 19.1 Å². The van der Waals surface area contributed by atoms with E-state index in [1.54, 1.807) is 18.3 Å². The molecule has 0 atom stereocenters. The van der Waals surface area contributed by atoms with Crippen molar-refractivity contribution in [3.63, 3.8) is 0 Å². The number of hydrogen-bond donors (Lipinski definition) is 1. The second-order valence-electron chi connectivity index (χ2n) is 3.60. The van der Waals surface area contributed by atoms with Gasteiger partial charge in [-0.3, -0.25) is 0 Å². The normalized spacial score (nSPS) is 9.39. The van der Waals surface area contributed by atoms with Crippen LogP contribution < -0.4 is 10.2 Å². The summed E-state index contributed by atoms with van der Waals surface area (Å²) in [6, 6.07) is 5.38. The molecule has 18 heavy (non-hydrogen) atoms. The lowest BCUT2D eigenvalue weighted by Gasteiger charge is -2.17. The van der Waals surface area contributed by atoms with E-state index in [0.29, 0.717) is 24.5 Å². The van der Waals surface area contributed by atoms with E-state index in [0.717, 1.165) is 0 Å². The van der Waals surface area contributed by atoms with Crippen molar-refractivity contribution in [3.8, 4) is 6.07 Å². The number of likely N-dealkylation sites (N-methyl/N-ethyl adjacent to an activating group) is 1. The molecule has 0 aliphatic heterocycles. The summed E-state index contributed by atoms with van der Waals surface area (Å²) in [5.74, 6) is 0.675. The third-order valence-electron chi connectivity index (χ3n) is 2.25. The number of aromatic nitrogens is 1. The van der Waals surface area contributed by atoms with E-state index in [1.807, 2.05) is 18.9 Å². The Hall–Kier alpha value is -2.29. The van der Waals surface area contributed by atoms with Gasteiger partial charge in [-0.1, -0.05) is 0 Å². The van der Waals surface area contributed by atoms with Crippen molar-refractivity contribution in [1.82, 2.24) is 10.3 Å². The molecule has 1 aromatic heterocycles. The highest BCUT2D eigenvalue weighted by Gasteiger charge is 2.05. The van der Waals surface area contributed by atoms with E-state index in [-0.39, 0.29) is 6.61 Å². The van der Waals surface area contributed by atoms with Crippen molar-refractivity contribution in [3.05, 3.63) is 23.9 Å². The number of carbonyl (C=O) groups excluding carboxylic acids is 1. The van der Waals surface area contributed by atoms with Crippen molar-refractivity contribution in [2.45, 2.75) is 6.92 Å². The van der Waals surface area contributed by atoms with Gasteiger partial charge in [-0.15, -0.1) is 0 Å². The smallest absolute Gasteiger partial charge is 0.407 e. The highest BCUT2D eigenvalue weighted by atomic mass is 16.5. The molecule has 0 fully saturated rings. The van der Waals surface area contributed by atoms with Crippen LogP contribution in [0.3, 0.4) is 0 Å². The summed E-state index contributed by atoms with van der Waals surface area (Å²) < 4.78 is 4.95. The first-order valence-corrected chi connectivity index (χ1v) is 5.65. The van der Waals surface area contributed by atoms with Crippen LogP contribution in [-0.2, 0) is 4.74 Å². The summed E-state index contributed by atoms with van der Waals surface area (Å²) in [7, 11) is 1.82. The van der Waals surface area contributed by atoms with Gasteiger partial charge in [0.2, 0.25) is 0 Å². The minimum Gasteiger partial charge on any atom is -0.448 e. The Morgan fingerprint density at radius 1 is 1.67 bits per heavy atom. The van der Waals surface area contributed by atoms with Crippen LogP contribution in [0.2, 0.25) is 0 Å². The third-order valence-corrected chi connectivity index (χ3v) is 2.25. The van der Waals surface area contributed by atoms with E-state index < -0.39 is 6.09 Å². The number of pyridine rings is 1. The van der Waals surface area contributed by atoms with Crippen LogP contribution in [0.1, 0.15) is 12.5 Å². The first kappa shape index (κ1) is 13.8. The van der Waals surface area contributed by atoms with Crippen LogP contribution in [0, 0.1) is 11.3 Å². The van der Waals surface area contributed by atoms with Crippen LogP contribution in [0.25, 0.3) is 0 Å². The zero-order chi connectivity index (χ0) is 13.4. The molecule has 0 bridgehead atoms. The van der Waals surface area contributed by atoms with Crippen molar-refractivity contribution >= 4 is 11.9 Å². The molecule has 0 spiro atoms. The number of nitrogens with one attached hydrogen (secondary N) is 1. The van der Waals surface area contributed by atoms with Gasteiger partial charge >= 0.3 is 6.09 Å². The lowest BCUT2D eigenvalue weighted by atomic mass is 10.3. The summed E-state index contributed by atoms with van der Waals surface area (Å²) in [6.07, 6.45) is 1.15. The molecule has 0 saturated heterocycles. The van der Waals surface area contributed by atoms with Gasteiger partial charge in [0.15, 0.2) is 0 Å². The zero-order valence-corrected chi connectivity index (χ0v) is 10.5. The summed E-state index contributed by atoms with van der Waals surface area (Å²) in [5, 5.41) is 11.3. The molecule has 0 unspecified atom stereocenters. The monoisotopic (exact) mass is 248 g/mol. The number of amides is 1. The Kier molecular flexibility index (Phi) is 5.45. The molecule has 0 saturated carbocycles. The van der Waals surface area contributed by atoms with E-state index in [4.69, 9.17) is 10.00 Å². The fraction of sp³-hybridized carbons (Fsp3) is 0.417. The van der Waals surface area contributed by atoms with E-state index in [1.165, 1.54) is 0 Å². The molecule has 1 aromatic rings. The maximum Gasteiger partial charge on any atom is 0.407 e. The van der Waals surface area contributed by atoms with Crippen LogP contribution in [-0.4, -0.2) is 37.8 Å². The summed E-state index contributed by atoms with van der Waals surface area (Å²) in [5.41, 5.74) is 0.552. The van der Waals surface area contributed by atoms with Gasteiger partial charge in [0.25, 0.3) is 0 Å². The quantitative estimate of drug-likeness (QED) is 0.845. The molecule has 1 heterocycles. The average Bonchev–Trinajstić information content (AvgIpc) is 2.39. The Balaban J connectivity index is 2.43. The SMILES string of the molecule is CCNC(=O)OCCN(C)c1cc(C#N)ccn1. The number of alkyl carbamates (subject to hydrolysis) is 1. The van der Waals surface area contributed by atoms with E-state index in [2.05, 4.69) is 16.4 Å². The summed E-state index contributed by atoms with van der Waals surface area (Å²) >= 11 is 0. The lowest BCUT2D eigenvalue weighted by Crippen LogP contribution is -2.29. The van der Waals surface area contributed by atoms with Gasteiger partial charge in [-0.2, -0.15) is 5.26 Å². The lowest BCUT2D eigenvalue weighted by molar-refractivity contribution is 0.149. The van der Waals surface area contributed by atoms with Crippen LogP contribution in [0.5, 0.6) is 0 Å². The number of hydrogen-bond acceptors (Lipinski definition) is 5. The fourth-order valence-corrected chi connectivity index (χ4v) is 1.28. The van der Waals surface area contributed by atoms with Gasteiger partial charge < -0.3 is 15.0 Å². The molecular weight excluding hydrogens is 232 g/mol. The van der Waals surface area contributed by atoms with Crippen molar-refractivity contribution < 1.29 is 9.53 Å². The predicted octanol–water partition coefficient (Wildman–Crippen LogP) is 1.14. The van der Waals surface area contributed by atoms with Crippen LogP contribution in [0.15, 0.2) is 18.3 Å². The molecule has 0 aliphatic carbocycles. The molecule has 1 rings (SSSR count). The molecule has 0 aromatic carbocycles. The maximum absolute atomic E-state index is 11.1. The average molecular weight is 248 g/mol. The largest absolute Gasteiger partial charge is 0.448 e. The molecule has 0 aliphatic rings. The Bertz CT molecular complexity index is 442. The fourth-order valence-electron chi connectivity index (χ4n) is 1.28. The van der Waals surface area contributed by atoms with Gasteiger partial charge in [-0.25, -0.2) is 9.78 Å². The van der Waals surface area contributed by atoms with Gasteiger partial charge in [0, 0.05) is 19.8 Å². The van der Waals surface area contributed by atoms with Crippen molar-refractivity contribution in [1.29, 1.82) is 5.26 Å². The molecule has 6 nitrogen and oxygen atoms in total. The zero-order valence-electron chi connectivity index (χ0n) is 10.5. The maximum atomic E-state index is 11.1. The topological polar surface area (TPSA) is 78.2 Å². The van der Waals surface area contributed by atoms with Crippen LogP contribution >= 0.6 is 0 Å². The van der Waals surface area contributed by atoms with Crippen molar-refractivity contribution in [2.24, 2.45) is 0 Å². The number of ether oxygens (including phenoxy) is 1. The number of nitrogens with zero attached hydrogens (tertiary/aromatic N) is 3. The molecular formula is C12H16N4O2. The molecule has 96 valence electrons. The second-order valence-corrected chi connectivity index (χ2v) is 3.60. The minimum absolute atomic E-state index is 0.265. The van der Waals surface area contributed by atoms with E-state index >= 15 is 0 Å². The van der Waals surface area contributed by atoms with Crippen molar-refractivity contribution in [2.75, 3.05) is 31.6 Å². The Labute approximate surface area is 106 Å². The Morgan fingerprint density at radius 3 is 3.11 bits per heavy atom. The Morgan fingerprint density at radius 2 is 2.44 bits per heavy atom. The first-order valence-electron chi connectivity index (χ1n) is 5.65. The standard InChI is InChI=1S/C12H16N4O2/c1-3-14-12(17)18-7-6-16(2)11-8-10(9-13)4-5-15-11/h4-5,8H,3,6-7H2,1-2H3,(H,14,17).